The van der Waals surface area contributed by atoms with Crippen molar-refractivity contribution in [3.63, 3.8) is 0 Å². The lowest BCUT2D eigenvalue weighted by atomic mass is 9.59. The minimum Gasteiger partial charge on any atom is -0.490 e. The number of amides is 3. The van der Waals surface area contributed by atoms with Crippen molar-refractivity contribution in [3.05, 3.63) is 92.7 Å². The van der Waals surface area contributed by atoms with Crippen LogP contribution in [0.2, 0.25) is 10.0 Å². The average molecular weight is 669 g/mol. The zero-order valence-electron chi connectivity index (χ0n) is 26.1. The monoisotopic (exact) mass is 667 g/mol. The van der Waals surface area contributed by atoms with Crippen molar-refractivity contribution in [2.45, 2.75) is 76.0 Å². The zero-order chi connectivity index (χ0) is 33.0. The van der Waals surface area contributed by atoms with Crippen LogP contribution >= 0.6 is 23.2 Å². The van der Waals surface area contributed by atoms with Gasteiger partial charge in [-0.3, -0.25) is 9.59 Å². The number of piperidine rings is 2. The number of nitrogens with zero attached hydrogens (tertiary/aromatic N) is 1. The Morgan fingerprint density at radius 3 is 2.39 bits per heavy atom. The van der Waals surface area contributed by atoms with E-state index in [0.717, 1.165) is 5.56 Å². The topological polar surface area (TPSA) is 97.0 Å². The molecule has 3 aromatic carbocycles. The molecule has 1 spiro atoms. The molecule has 0 unspecified atom stereocenters. The van der Waals surface area contributed by atoms with Gasteiger partial charge in [0.05, 0.1) is 6.04 Å². The third-order valence-corrected chi connectivity index (χ3v) is 9.51. The van der Waals surface area contributed by atoms with Gasteiger partial charge in [-0.25, -0.2) is 9.18 Å². The van der Waals surface area contributed by atoms with Crippen LogP contribution in [-0.2, 0) is 19.7 Å². The number of fused-ring (bicyclic) bond motifs is 2. The van der Waals surface area contributed by atoms with Crippen LogP contribution in [0.15, 0.2) is 54.6 Å². The minimum absolute atomic E-state index is 0.0475. The highest BCUT2D eigenvalue weighted by Crippen LogP contribution is 2.59. The highest BCUT2D eigenvalue weighted by atomic mass is 35.5. The molecule has 2 saturated heterocycles. The van der Waals surface area contributed by atoms with E-state index in [2.05, 4.69) is 10.6 Å². The molecule has 6 rings (SSSR count). The van der Waals surface area contributed by atoms with E-state index < -0.39 is 28.8 Å². The average Bonchev–Trinajstić information content (AvgIpc) is 3.26. The molecule has 8 nitrogen and oxygen atoms in total. The van der Waals surface area contributed by atoms with Gasteiger partial charge in [0, 0.05) is 59.6 Å². The lowest BCUT2D eigenvalue weighted by Crippen LogP contribution is -2.57. The van der Waals surface area contributed by atoms with Crippen LogP contribution in [0.4, 0.5) is 14.9 Å². The quantitative estimate of drug-likeness (QED) is 0.301. The SMILES string of the molecule is Cc1ccc(F)cc1[C@@H]1NC(=O)C[C@H](c2cc(Cl)ccc2OC2CCN(C(=O)OC(C)(C)C)CC2)[C@@]12C(=O)Nc1cc(Cl)ccc12. The summed E-state index contributed by atoms with van der Waals surface area (Å²) >= 11 is 12.9. The summed E-state index contributed by atoms with van der Waals surface area (Å²) in [5, 5.41) is 6.90. The Kier molecular flexibility index (Phi) is 8.44. The van der Waals surface area contributed by atoms with Gasteiger partial charge in [-0.05, 0) is 86.8 Å². The second-order valence-electron chi connectivity index (χ2n) is 13.2. The van der Waals surface area contributed by atoms with Gasteiger partial charge in [0.25, 0.3) is 0 Å². The Morgan fingerprint density at radius 2 is 1.67 bits per heavy atom. The van der Waals surface area contributed by atoms with Crippen LogP contribution in [0.25, 0.3) is 0 Å². The molecule has 3 aliphatic rings. The maximum atomic E-state index is 14.8. The molecule has 242 valence electrons. The van der Waals surface area contributed by atoms with Gasteiger partial charge < -0.3 is 25.0 Å². The molecule has 3 aliphatic heterocycles. The van der Waals surface area contributed by atoms with Gasteiger partial charge in [0.2, 0.25) is 11.8 Å². The predicted octanol–water partition coefficient (Wildman–Crippen LogP) is 7.45. The molecule has 0 aliphatic carbocycles. The number of nitrogens with one attached hydrogen (secondary N) is 2. The van der Waals surface area contributed by atoms with Gasteiger partial charge in [0.15, 0.2) is 0 Å². The van der Waals surface area contributed by atoms with E-state index in [9.17, 15) is 18.8 Å². The number of benzene rings is 3. The van der Waals surface area contributed by atoms with E-state index in [-0.39, 0.29) is 30.4 Å². The molecule has 0 bridgehead atoms. The van der Waals surface area contributed by atoms with Crippen LogP contribution in [0.3, 0.4) is 0 Å². The molecule has 3 aromatic rings. The van der Waals surface area contributed by atoms with Crippen LogP contribution < -0.4 is 15.4 Å². The number of hydrogen-bond donors (Lipinski definition) is 2. The normalized spacial score (nSPS) is 23.2. The Labute approximate surface area is 277 Å². The van der Waals surface area contributed by atoms with Crippen LogP contribution in [0, 0.1) is 12.7 Å². The largest absolute Gasteiger partial charge is 0.490 e. The maximum absolute atomic E-state index is 14.8. The molecule has 2 fully saturated rings. The lowest BCUT2D eigenvalue weighted by Gasteiger charge is -2.47. The first-order chi connectivity index (χ1) is 21.8. The molecule has 3 amide bonds. The summed E-state index contributed by atoms with van der Waals surface area (Å²) in [5.41, 5.74) is 0.984. The second kappa shape index (κ2) is 12.1. The molecular weight excluding hydrogens is 632 g/mol. The molecular formula is C35H36Cl2FN3O5. The van der Waals surface area contributed by atoms with Crippen molar-refractivity contribution in [2.24, 2.45) is 0 Å². The fourth-order valence-corrected chi connectivity index (χ4v) is 7.36. The lowest BCUT2D eigenvalue weighted by molar-refractivity contribution is -0.131. The summed E-state index contributed by atoms with van der Waals surface area (Å²) in [6.07, 6.45) is 0.471. The number of rotatable bonds is 4. The van der Waals surface area contributed by atoms with E-state index in [0.29, 0.717) is 64.1 Å². The molecule has 3 atom stereocenters. The van der Waals surface area contributed by atoms with Gasteiger partial charge in [-0.15, -0.1) is 0 Å². The predicted molar refractivity (Wildman–Crippen MR) is 174 cm³/mol. The number of ether oxygens (including phenoxy) is 2. The van der Waals surface area contributed by atoms with Crippen LogP contribution in [0.1, 0.15) is 74.2 Å². The summed E-state index contributed by atoms with van der Waals surface area (Å²) < 4.78 is 26.9. The smallest absolute Gasteiger partial charge is 0.410 e. The fraction of sp³-hybridized carbons (Fsp3) is 0.400. The number of aryl methyl sites for hydroxylation is 1. The Bertz CT molecular complexity index is 1720. The van der Waals surface area contributed by atoms with Crippen LogP contribution in [-0.4, -0.2) is 47.6 Å². The highest BCUT2D eigenvalue weighted by molar-refractivity contribution is 6.31. The summed E-state index contributed by atoms with van der Waals surface area (Å²) in [6, 6.07) is 13.8. The zero-order valence-corrected chi connectivity index (χ0v) is 27.6. The third kappa shape index (κ3) is 5.91. The first-order valence-corrected chi connectivity index (χ1v) is 16.1. The van der Waals surface area contributed by atoms with Crippen molar-refractivity contribution in [1.82, 2.24) is 10.2 Å². The highest BCUT2D eigenvalue weighted by Gasteiger charge is 2.62. The van der Waals surface area contributed by atoms with E-state index in [4.69, 9.17) is 32.7 Å². The first kappa shape index (κ1) is 32.1. The minimum atomic E-state index is -1.39. The van der Waals surface area contributed by atoms with E-state index in [1.54, 1.807) is 47.4 Å². The summed E-state index contributed by atoms with van der Waals surface area (Å²) in [5.74, 6) is -1.38. The van der Waals surface area contributed by atoms with E-state index in [1.165, 1.54) is 12.1 Å². The number of carbonyl (C=O) groups excluding carboxylic acids is 3. The van der Waals surface area contributed by atoms with Crippen molar-refractivity contribution < 1.29 is 28.2 Å². The Hall–Kier alpha value is -3.82. The van der Waals surface area contributed by atoms with Gasteiger partial charge in [0.1, 0.15) is 28.7 Å². The summed E-state index contributed by atoms with van der Waals surface area (Å²) in [7, 11) is 0. The van der Waals surface area contributed by atoms with Crippen molar-refractivity contribution in [3.8, 4) is 5.75 Å². The van der Waals surface area contributed by atoms with Gasteiger partial charge in [-0.2, -0.15) is 0 Å². The Morgan fingerprint density at radius 1 is 0.978 bits per heavy atom. The van der Waals surface area contributed by atoms with E-state index >= 15 is 0 Å². The molecule has 0 aromatic heterocycles. The summed E-state index contributed by atoms with van der Waals surface area (Å²) in [6.45, 7) is 8.23. The molecule has 11 heteroatoms. The number of anilines is 1. The number of hydrogen-bond acceptors (Lipinski definition) is 5. The van der Waals surface area contributed by atoms with Crippen molar-refractivity contribution in [1.29, 1.82) is 0 Å². The standard InChI is InChI=1S/C35H36Cl2FN3O5/c1-19-5-8-22(38)17-24(19)31-35(26-9-6-21(37)16-28(26)39-32(35)43)27(18-30(42)40-31)25-15-20(36)7-10-29(25)45-23-11-13-41(14-12-23)33(44)46-34(2,3)4/h5-10,15-17,23,27,31H,11-14,18H2,1-4H3,(H,39,43)(H,40,42)/t27-,31+,35-/m1/s1. The molecule has 0 radical (unpaired) electrons. The Balaban J connectivity index is 1.42. The maximum Gasteiger partial charge on any atom is 0.410 e. The second-order valence-corrected chi connectivity index (χ2v) is 14.1. The molecule has 46 heavy (non-hydrogen) atoms. The molecule has 2 N–H and O–H groups in total. The molecule has 3 heterocycles. The number of carbonyl (C=O) groups is 3. The van der Waals surface area contributed by atoms with Gasteiger partial charge in [-0.1, -0.05) is 35.3 Å². The van der Waals surface area contributed by atoms with Crippen molar-refractivity contribution in [2.75, 3.05) is 18.4 Å². The molecule has 0 saturated carbocycles. The number of likely N-dealkylation sites (tertiary alicyclic amines) is 1. The van der Waals surface area contributed by atoms with E-state index in [1.807, 2.05) is 27.7 Å². The van der Waals surface area contributed by atoms with Crippen LogP contribution in [0.5, 0.6) is 5.75 Å². The number of halogens is 3. The third-order valence-electron chi connectivity index (χ3n) is 9.04. The van der Waals surface area contributed by atoms with Gasteiger partial charge >= 0.3 is 6.09 Å². The summed E-state index contributed by atoms with van der Waals surface area (Å²) in [4.78, 5) is 42.3. The van der Waals surface area contributed by atoms with Crippen molar-refractivity contribution >= 4 is 46.8 Å². The first-order valence-electron chi connectivity index (χ1n) is 15.4. The fourth-order valence-electron chi connectivity index (χ4n) is 7.00.